The summed E-state index contributed by atoms with van der Waals surface area (Å²) < 4.78 is 1.03. The van der Waals surface area contributed by atoms with E-state index >= 15 is 0 Å². The predicted octanol–water partition coefficient (Wildman–Crippen LogP) is 2.17. The highest BCUT2D eigenvalue weighted by Gasteiger charge is 2.25. The predicted molar refractivity (Wildman–Crippen MR) is 81.8 cm³/mol. The molecule has 6 heteroatoms. The minimum absolute atomic E-state index is 0.105. The molecule has 1 heterocycles. The van der Waals surface area contributed by atoms with Gasteiger partial charge in [-0.05, 0) is 30.9 Å². The Morgan fingerprint density at radius 2 is 2.00 bits per heavy atom. The Morgan fingerprint density at radius 3 is 2.62 bits per heavy atom. The number of aliphatic carboxylic acids is 1. The van der Waals surface area contributed by atoms with Crippen LogP contribution in [0.3, 0.4) is 0 Å². The third kappa shape index (κ3) is 3.59. The van der Waals surface area contributed by atoms with Crippen molar-refractivity contribution in [2.45, 2.75) is 25.9 Å². The van der Waals surface area contributed by atoms with Gasteiger partial charge in [-0.3, -0.25) is 9.59 Å². The van der Waals surface area contributed by atoms with Gasteiger partial charge in [-0.15, -0.1) is 11.3 Å². The van der Waals surface area contributed by atoms with Gasteiger partial charge in [0.1, 0.15) is 0 Å². The van der Waals surface area contributed by atoms with Crippen LogP contribution in [0, 0.1) is 6.92 Å². The van der Waals surface area contributed by atoms with Gasteiger partial charge >= 0.3 is 5.97 Å². The quantitative estimate of drug-likeness (QED) is 0.790. The average molecular weight is 307 g/mol. The van der Waals surface area contributed by atoms with Crippen LogP contribution in [0.2, 0.25) is 0 Å². The molecular weight excluding hydrogens is 290 g/mol. The molecule has 0 aliphatic heterocycles. The van der Waals surface area contributed by atoms with Gasteiger partial charge in [-0.1, -0.05) is 18.2 Å². The molecule has 112 valence electrons. The Kier molecular flexibility index (Phi) is 4.29. The van der Waals surface area contributed by atoms with Crippen molar-refractivity contribution in [3.8, 4) is 0 Å². The van der Waals surface area contributed by atoms with E-state index in [-0.39, 0.29) is 12.5 Å². The van der Waals surface area contributed by atoms with E-state index < -0.39 is 18.0 Å². The number of thiophene rings is 1. The van der Waals surface area contributed by atoms with Crippen molar-refractivity contribution in [3.63, 3.8) is 0 Å². The Labute approximate surface area is 126 Å². The highest BCUT2D eigenvalue weighted by molar-refractivity contribution is 7.21. The number of nitrogens with one attached hydrogen (secondary N) is 1. The zero-order chi connectivity index (χ0) is 15.6. The number of hydrogen-bond acceptors (Lipinski definition) is 4. The number of aryl methyl sites for hydroxylation is 1. The lowest BCUT2D eigenvalue weighted by atomic mass is 10.0. The van der Waals surface area contributed by atoms with E-state index in [2.05, 4.69) is 5.32 Å². The zero-order valence-electron chi connectivity index (χ0n) is 11.8. The maximum Gasteiger partial charge on any atom is 0.306 e. The minimum atomic E-state index is -1.47. The number of benzene rings is 1. The van der Waals surface area contributed by atoms with Crippen LogP contribution in [0.4, 0.5) is 0 Å². The fraction of sp³-hybridized carbons (Fsp3) is 0.333. The first kappa shape index (κ1) is 15.5. The monoisotopic (exact) mass is 307 g/mol. The smallest absolute Gasteiger partial charge is 0.306 e. The van der Waals surface area contributed by atoms with E-state index in [0.29, 0.717) is 4.88 Å². The summed E-state index contributed by atoms with van der Waals surface area (Å²) in [6, 6.07) is 7.74. The second-order valence-electron chi connectivity index (χ2n) is 5.30. The van der Waals surface area contributed by atoms with Crippen molar-refractivity contribution in [2.75, 3.05) is 6.54 Å². The molecule has 3 N–H and O–H groups in total. The maximum atomic E-state index is 12.2. The third-order valence-corrected chi connectivity index (χ3v) is 4.48. The van der Waals surface area contributed by atoms with Crippen molar-refractivity contribution in [3.05, 3.63) is 34.7 Å². The number of hydrogen-bond donors (Lipinski definition) is 3. The average Bonchev–Trinajstić information content (AvgIpc) is 2.73. The van der Waals surface area contributed by atoms with Gasteiger partial charge in [0, 0.05) is 11.2 Å². The van der Waals surface area contributed by atoms with Crippen molar-refractivity contribution in [2.24, 2.45) is 0 Å². The van der Waals surface area contributed by atoms with Crippen molar-refractivity contribution < 1.29 is 19.8 Å². The Morgan fingerprint density at radius 1 is 1.33 bits per heavy atom. The van der Waals surface area contributed by atoms with E-state index in [1.807, 2.05) is 31.2 Å². The van der Waals surface area contributed by atoms with Crippen molar-refractivity contribution >= 4 is 33.3 Å². The van der Waals surface area contributed by atoms with Crippen LogP contribution >= 0.6 is 11.3 Å². The van der Waals surface area contributed by atoms with Gasteiger partial charge in [-0.2, -0.15) is 0 Å². The molecule has 0 saturated heterocycles. The van der Waals surface area contributed by atoms with Crippen LogP contribution in [0.25, 0.3) is 10.1 Å². The van der Waals surface area contributed by atoms with Crippen molar-refractivity contribution in [1.29, 1.82) is 0 Å². The second-order valence-corrected chi connectivity index (χ2v) is 6.35. The Balaban J connectivity index is 2.12. The number of carbonyl (C=O) groups is 2. The third-order valence-electron chi connectivity index (χ3n) is 3.21. The van der Waals surface area contributed by atoms with Gasteiger partial charge in [0.25, 0.3) is 5.91 Å². The van der Waals surface area contributed by atoms with E-state index in [0.717, 1.165) is 15.6 Å². The fourth-order valence-electron chi connectivity index (χ4n) is 2.13. The largest absolute Gasteiger partial charge is 0.481 e. The summed E-state index contributed by atoms with van der Waals surface area (Å²) in [4.78, 5) is 23.4. The highest BCUT2D eigenvalue weighted by Crippen LogP contribution is 2.30. The Bertz CT molecular complexity index is 690. The van der Waals surface area contributed by atoms with Crippen LogP contribution in [0.5, 0.6) is 0 Å². The van der Waals surface area contributed by atoms with Crippen LogP contribution in [0.15, 0.2) is 24.3 Å². The van der Waals surface area contributed by atoms with Gasteiger partial charge < -0.3 is 15.5 Å². The molecule has 0 spiro atoms. The number of aliphatic hydroxyl groups is 1. The summed E-state index contributed by atoms with van der Waals surface area (Å²) >= 11 is 1.39. The number of carboxylic acid groups (broad SMARTS) is 1. The van der Waals surface area contributed by atoms with Crippen molar-refractivity contribution in [1.82, 2.24) is 5.32 Å². The molecule has 0 aliphatic carbocycles. The Hall–Kier alpha value is -1.92. The van der Waals surface area contributed by atoms with Crippen LogP contribution < -0.4 is 5.32 Å². The van der Waals surface area contributed by atoms with E-state index in [9.17, 15) is 14.7 Å². The van der Waals surface area contributed by atoms with Gasteiger partial charge in [0.15, 0.2) is 0 Å². The van der Waals surface area contributed by atoms with Crippen LogP contribution in [-0.2, 0) is 4.79 Å². The standard InChI is InChI=1S/C15H17NO4S/c1-9-10-5-3-4-6-11(10)21-13(9)14(19)16-8-15(2,20)7-12(17)18/h3-6,20H,7-8H2,1-2H3,(H,16,19)(H,17,18). The molecule has 1 atom stereocenters. The van der Waals surface area contributed by atoms with Crippen LogP contribution in [0.1, 0.15) is 28.6 Å². The molecular formula is C15H17NO4S. The second kappa shape index (κ2) is 5.83. The fourth-order valence-corrected chi connectivity index (χ4v) is 3.26. The van der Waals surface area contributed by atoms with Gasteiger partial charge in [-0.25, -0.2) is 0 Å². The molecule has 5 nitrogen and oxygen atoms in total. The van der Waals surface area contributed by atoms with Gasteiger partial charge in [0.2, 0.25) is 0 Å². The highest BCUT2D eigenvalue weighted by atomic mass is 32.1. The maximum absolute atomic E-state index is 12.2. The van der Waals surface area contributed by atoms with E-state index in [1.165, 1.54) is 18.3 Å². The van der Waals surface area contributed by atoms with E-state index in [1.54, 1.807) is 0 Å². The normalized spacial score (nSPS) is 13.9. The molecule has 0 radical (unpaired) electrons. The summed E-state index contributed by atoms with van der Waals surface area (Å²) in [5.74, 6) is -1.40. The first-order valence-corrected chi connectivity index (χ1v) is 7.32. The number of carbonyl (C=O) groups excluding carboxylic acids is 1. The molecule has 0 fully saturated rings. The van der Waals surface area contributed by atoms with Gasteiger partial charge in [0.05, 0.1) is 16.9 Å². The topological polar surface area (TPSA) is 86.6 Å². The first-order valence-electron chi connectivity index (χ1n) is 6.51. The lowest BCUT2D eigenvalue weighted by Gasteiger charge is -2.21. The van der Waals surface area contributed by atoms with Crippen LogP contribution in [-0.4, -0.2) is 34.2 Å². The number of fused-ring (bicyclic) bond motifs is 1. The molecule has 1 aromatic carbocycles. The summed E-state index contributed by atoms with van der Waals surface area (Å²) in [7, 11) is 0. The molecule has 2 rings (SSSR count). The number of rotatable bonds is 5. The lowest BCUT2D eigenvalue weighted by molar-refractivity contribution is -0.141. The molecule has 1 amide bonds. The molecule has 2 aromatic rings. The zero-order valence-corrected chi connectivity index (χ0v) is 12.7. The summed E-state index contributed by atoms with van der Waals surface area (Å²) in [6.07, 6.45) is -0.418. The molecule has 1 unspecified atom stereocenters. The SMILES string of the molecule is Cc1c(C(=O)NCC(C)(O)CC(=O)O)sc2ccccc12. The summed E-state index contributed by atoms with van der Waals surface area (Å²) in [5, 5.41) is 22.2. The number of amides is 1. The molecule has 0 bridgehead atoms. The lowest BCUT2D eigenvalue weighted by Crippen LogP contribution is -2.42. The minimum Gasteiger partial charge on any atom is -0.481 e. The first-order chi connectivity index (χ1) is 9.80. The molecule has 0 saturated carbocycles. The summed E-state index contributed by atoms with van der Waals surface area (Å²) in [5.41, 5.74) is -0.572. The molecule has 1 aromatic heterocycles. The molecule has 21 heavy (non-hydrogen) atoms. The van der Waals surface area contributed by atoms with E-state index in [4.69, 9.17) is 5.11 Å². The number of carboxylic acids is 1. The summed E-state index contributed by atoms with van der Waals surface area (Å²) in [6.45, 7) is 3.16. The molecule has 0 aliphatic rings.